The maximum absolute atomic E-state index is 12.0. The van der Waals surface area contributed by atoms with Crippen LogP contribution in [0.25, 0.3) is 0 Å². The highest BCUT2D eigenvalue weighted by molar-refractivity contribution is 7.91. The van der Waals surface area contributed by atoms with Crippen LogP contribution in [0, 0.1) is 0 Å². The van der Waals surface area contributed by atoms with E-state index in [1.54, 1.807) is 0 Å². The second-order valence-electron chi connectivity index (χ2n) is 4.46. The largest absolute Gasteiger partial charge is 0.354 e. The van der Waals surface area contributed by atoms with E-state index in [1.165, 1.54) is 24.3 Å². The first-order valence-corrected chi connectivity index (χ1v) is 8.41. The molecule has 8 heteroatoms. The summed E-state index contributed by atoms with van der Waals surface area (Å²) < 4.78 is 24.0. The normalized spacial score (nSPS) is 12.3. The van der Waals surface area contributed by atoms with Crippen molar-refractivity contribution >= 4 is 39.8 Å². The van der Waals surface area contributed by atoms with Gasteiger partial charge in [-0.25, -0.2) is 8.42 Å². The van der Waals surface area contributed by atoms with Gasteiger partial charge in [0.05, 0.1) is 16.7 Å². The monoisotopic (exact) mass is 354 g/mol. The molecule has 1 aromatic carbocycles. The summed E-state index contributed by atoms with van der Waals surface area (Å²) in [5.74, 6) is -0.489. The molecule has 0 heterocycles. The summed E-state index contributed by atoms with van der Waals surface area (Å²) in [6.07, 6.45) is 1.38. The maximum Gasteiger partial charge on any atom is 0.236 e. The quantitative estimate of drug-likeness (QED) is 0.780. The minimum absolute atomic E-state index is 0. The number of carbonyl (C=O) groups excluding carboxylic acids is 1. The van der Waals surface area contributed by atoms with E-state index in [0.717, 1.165) is 6.42 Å². The van der Waals surface area contributed by atoms with Crippen molar-refractivity contribution in [2.75, 3.05) is 12.3 Å². The van der Waals surface area contributed by atoms with Crippen molar-refractivity contribution in [2.45, 2.75) is 30.7 Å². The van der Waals surface area contributed by atoms with Crippen LogP contribution in [0.5, 0.6) is 0 Å². The molecule has 1 atom stereocenters. The fourth-order valence-electron chi connectivity index (χ4n) is 1.64. The van der Waals surface area contributed by atoms with Crippen molar-refractivity contribution in [1.82, 2.24) is 5.32 Å². The molecule has 0 spiro atoms. The van der Waals surface area contributed by atoms with Gasteiger partial charge in [0, 0.05) is 11.6 Å². The molecule has 0 saturated carbocycles. The third-order valence-corrected chi connectivity index (χ3v) is 4.76. The van der Waals surface area contributed by atoms with Crippen molar-refractivity contribution in [3.05, 3.63) is 29.3 Å². The smallest absolute Gasteiger partial charge is 0.236 e. The number of hydrogen-bond donors (Lipinski definition) is 2. The molecule has 0 aliphatic carbocycles. The van der Waals surface area contributed by atoms with Gasteiger partial charge in [-0.3, -0.25) is 4.79 Å². The predicted molar refractivity (Wildman–Crippen MR) is 86.6 cm³/mol. The highest BCUT2D eigenvalue weighted by Gasteiger charge is 2.16. The number of halogens is 2. The lowest BCUT2D eigenvalue weighted by Gasteiger charge is -2.11. The van der Waals surface area contributed by atoms with Crippen LogP contribution in [0.15, 0.2) is 29.2 Å². The molecule has 1 rings (SSSR count). The Morgan fingerprint density at radius 3 is 2.43 bits per heavy atom. The lowest BCUT2D eigenvalue weighted by atomic mass is 10.2. The number of benzene rings is 1. The van der Waals surface area contributed by atoms with E-state index in [2.05, 4.69) is 5.32 Å². The van der Waals surface area contributed by atoms with Gasteiger partial charge < -0.3 is 11.1 Å². The number of amides is 1. The zero-order valence-corrected chi connectivity index (χ0v) is 14.1. The van der Waals surface area contributed by atoms with Crippen LogP contribution in [0.1, 0.15) is 19.8 Å². The fraction of sp³-hybridized carbons (Fsp3) is 0.462. The van der Waals surface area contributed by atoms with E-state index in [-0.39, 0.29) is 35.5 Å². The molecule has 0 aliphatic rings. The molecule has 5 nitrogen and oxygen atoms in total. The molecule has 0 aliphatic heterocycles. The van der Waals surface area contributed by atoms with Gasteiger partial charge in [0.1, 0.15) is 0 Å². The number of sulfone groups is 1. The van der Waals surface area contributed by atoms with E-state index in [0.29, 0.717) is 11.4 Å². The average molecular weight is 355 g/mol. The number of rotatable bonds is 7. The Bertz CT molecular complexity index is 547. The van der Waals surface area contributed by atoms with Crippen LogP contribution >= 0.6 is 24.0 Å². The van der Waals surface area contributed by atoms with Gasteiger partial charge in [-0.1, -0.05) is 24.9 Å². The van der Waals surface area contributed by atoms with Crippen LogP contribution in [0.2, 0.25) is 5.02 Å². The van der Waals surface area contributed by atoms with Gasteiger partial charge in [-0.2, -0.15) is 0 Å². The van der Waals surface area contributed by atoms with Crippen LogP contribution in [-0.4, -0.2) is 32.7 Å². The molecule has 1 unspecified atom stereocenters. The summed E-state index contributed by atoms with van der Waals surface area (Å²) in [4.78, 5) is 11.7. The first-order valence-electron chi connectivity index (χ1n) is 6.38. The predicted octanol–water partition coefficient (Wildman–Crippen LogP) is 1.78. The number of nitrogens with one attached hydrogen (secondary N) is 1. The molecule has 0 saturated heterocycles. The molecule has 1 amide bonds. The van der Waals surface area contributed by atoms with E-state index in [4.69, 9.17) is 17.3 Å². The standard InChI is InChI=1S/C13H19ClN2O3S.ClH/c1-2-3-12(15)13(17)16-8-9-20(18,19)11-6-4-10(14)5-7-11;/h4-7,12H,2-3,8-9,15H2,1H3,(H,16,17);1H. The zero-order chi connectivity index (χ0) is 15.2. The fourth-order valence-corrected chi connectivity index (χ4v) is 2.92. The number of carbonyl (C=O) groups is 1. The van der Waals surface area contributed by atoms with E-state index >= 15 is 0 Å². The Labute approximate surface area is 136 Å². The molecule has 120 valence electrons. The average Bonchev–Trinajstić information content (AvgIpc) is 2.39. The van der Waals surface area contributed by atoms with Crippen LogP contribution in [0.3, 0.4) is 0 Å². The molecule has 1 aromatic rings. The van der Waals surface area contributed by atoms with Crippen LogP contribution in [-0.2, 0) is 14.6 Å². The van der Waals surface area contributed by atoms with Gasteiger partial charge in [-0.15, -0.1) is 12.4 Å². The molecule has 21 heavy (non-hydrogen) atoms. The van der Waals surface area contributed by atoms with Gasteiger partial charge in [0.2, 0.25) is 5.91 Å². The first kappa shape index (κ1) is 20.2. The molecular formula is C13H20Cl2N2O3S. The van der Waals surface area contributed by atoms with Crippen molar-refractivity contribution in [2.24, 2.45) is 5.73 Å². The molecule has 0 bridgehead atoms. The highest BCUT2D eigenvalue weighted by atomic mass is 35.5. The van der Waals surface area contributed by atoms with Crippen molar-refractivity contribution in [1.29, 1.82) is 0 Å². The van der Waals surface area contributed by atoms with Crippen LogP contribution < -0.4 is 11.1 Å². The van der Waals surface area contributed by atoms with Crippen LogP contribution in [0.4, 0.5) is 0 Å². The topological polar surface area (TPSA) is 89.3 Å². The number of hydrogen-bond acceptors (Lipinski definition) is 4. The van der Waals surface area contributed by atoms with Gasteiger partial charge >= 0.3 is 0 Å². The van der Waals surface area contributed by atoms with E-state index in [9.17, 15) is 13.2 Å². The van der Waals surface area contributed by atoms with E-state index in [1.807, 2.05) is 6.92 Å². The highest BCUT2D eigenvalue weighted by Crippen LogP contribution is 2.15. The molecule has 0 aromatic heterocycles. The molecule has 3 N–H and O–H groups in total. The lowest BCUT2D eigenvalue weighted by molar-refractivity contribution is -0.122. The van der Waals surface area contributed by atoms with Gasteiger partial charge in [-0.05, 0) is 30.7 Å². The number of nitrogens with two attached hydrogens (primary N) is 1. The molecule has 0 fully saturated rings. The summed E-state index contributed by atoms with van der Waals surface area (Å²) >= 11 is 5.71. The van der Waals surface area contributed by atoms with E-state index < -0.39 is 15.9 Å². The first-order chi connectivity index (χ1) is 9.36. The van der Waals surface area contributed by atoms with Crippen molar-refractivity contribution in [3.8, 4) is 0 Å². The third-order valence-electron chi connectivity index (χ3n) is 2.78. The minimum Gasteiger partial charge on any atom is -0.354 e. The molecular weight excluding hydrogens is 335 g/mol. The van der Waals surface area contributed by atoms with Crippen molar-refractivity contribution < 1.29 is 13.2 Å². The summed E-state index contributed by atoms with van der Waals surface area (Å²) in [6, 6.07) is 5.34. The summed E-state index contributed by atoms with van der Waals surface area (Å²) in [5.41, 5.74) is 5.63. The Kier molecular flexibility index (Phi) is 8.89. The molecule has 0 radical (unpaired) electrons. The van der Waals surface area contributed by atoms with Gasteiger partial charge in [0.15, 0.2) is 9.84 Å². The second kappa shape index (κ2) is 9.25. The Morgan fingerprint density at radius 2 is 1.90 bits per heavy atom. The summed E-state index contributed by atoms with van der Waals surface area (Å²) in [6.45, 7) is 1.97. The third kappa shape index (κ3) is 6.65. The zero-order valence-electron chi connectivity index (χ0n) is 11.7. The Balaban J connectivity index is 0.00000400. The van der Waals surface area contributed by atoms with Crippen molar-refractivity contribution in [3.63, 3.8) is 0 Å². The van der Waals surface area contributed by atoms with Gasteiger partial charge in [0.25, 0.3) is 0 Å². The maximum atomic E-state index is 12.0. The minimum atomic E-state index is -3.42. The Morgan fingerprint density at radius 1 is 1.33 bits per heavy atom. The lowest BCUT2D eigenvalue weighted by Crippen LogP contribution is -2.42. The summed E-state index contributed by atoms with van der Waals surface area (Å²) in [5, 5.41) is 3.01. The SMILES string of the molecule is CCCC(N)C(=O)NCCS(=O)(=O)c1ccc(Cl)cc1.Cl. The second-order valence-corrected chi connectivity index (χ2v) is 7.00. The summed E-state index contributed by atoms with van der Waals surface area (Å²) in [7, 11) is -3.42. The Hall–Kier alpha value is -0.820.